The summed E-state index contributed by atoms with van der Waals surface area (Å²) in [5.41, 5.74) is -0.579. The van der Waals surface area contributed by atoms with Gasteiger partial charge in [-0.1, -0.05) is 18.2 Å². The summed E-state index contributed by atoms with van der Waals surface area (Å²) in [5.74, 6) is -0.105. The predicted molar refractivity (Wildman–Crippen MR) is 107 cm³/mol. The molecule has 3 rings (SSSR count). The third-order valence-electron chi connectivity index (χ3n) is 3.36. The molecule has 9 heteroatoms. The summed E-state index contributed by atoms with van der Waals surface area (Å²) in [4.78, 5) is 34.0. The summed E-state index contributed by atoms with van der Waals surface area (Å²) in [6.07, 6.45) is -1.19. The lowest BCUT2D eigenvalue weighted by Crippen LogP contribution is -2.41. The molecule has 1 N–H and O–H groups in total. The van der Waals surface area contributed by atoms with Crippen molar-refractivity contribution in [2.24, 2.45) is 0 Å². The molecule has 0 atom stereocenters. The Balaban J connectivity index is 2.14. The first-order chi connectivity index (χ1) is 12.7. The molecule has 0 bridgehead atoms. The number of hydrogen-bond donors (Lipinski definition) is 1. The molecule has 2 amide bonds. The van der Waals surface area contributed by atoms with Gasteiger partial charge in [-0.15, -0.1) is 11.3 Å². The van der Waals surface area contributed by atoms with E-state index in [0.717, 1.165) is 10.1 Å². The van der Waals surface area contributed by atoms with E-state index < -0.39 is 17.8 Å². The van der Waals surface area contributed by atoms with E-state index in [1.54, 1.807) is 20.8 Å². The van der Waals surface area contributed by atoms with Crippen LogP contribution in [0.15, 0.2) is 41.1 Å². The van der Waals surface area contributed by atoms with Crippen LogP contribution in [0.25, 0.3) is 20.7 Å². The highest BCUT2D eigenvalue weighted by Crippen LogP contribution is 2.37. The van der Waals surface area contributed by atoms with E-state index in [1.807, 2.05) is 30.3 Å². The van der Waals surface area contributed by atoms with Gasteiger partial charge in [0.05, 0.1) is 11.1 Å². The Labute approximate surface area is 167 Å². The van der Waals surface area contributed by atoms with Crippen LogP contribution >= 0.6 is 27.3 Å². The van der Waals surface area contributed by atoms with Gasteiger partial charge in [0.1, 0.15) is 15.9 Å². The Hall–Kier alpha value is -2.52. The summed E-state index contributed by atoms with van der Waals surface area (Å²) in [5, 5.41) is 10.6. The summed E-state index contributed by atoms with van der Waals surface area (Å²) < 4.78 is 6.66. The van der Waals surface area contributed by atoms with Gasteiger partial charge in [0, 0.05) is 4.70 Å². The largest absolute Gasteiger partial charge is 0.464 e. The summed E-state index contributed by atoms with van der Waals surface area (Å²) in [7, 11) is 0. The topological polar surface area (TPSA) is 92.6 Å². The second-order valence-corrected chi connectivity index (χ2v) is 8.51. The number of amides is 2. The molecule has 0 spiro atoms. The van der Waals surface area contributed by atoms with Crippen molar-refractivity contribution < 1.29 is 19.4 Å². The Morgan fingerprint density at radius 1 is 1.26 bits per heavy atom. The van der Waals surface area contributed by atoms with E-state index in [1.165, 1.54) is 17.5 Å². The number of anilines is 1. The first-order valence-corrected chi connectivity index (χ1v) is 9.54. The number of carbonyl (C=O) groups is 2. The number of aromatic nitrogens is 2. The van der Waals surface area contributed by atoms with Crippen LogP contribution in [-0.2, 0) is 4.74 Å². The maximum Gasteiger partial charge on any atom is 0.425 e. The van der Waals surface area contributed by atoms with Crippen molar-refractivity contribution in [2.75, 3.05) is 4.90 Å². The molecule has 0 radical (unpaired) electrons. The van der Waals surface area contributed by atoms with Crippen LogP contribution in [0.3, 0.4) is 0 Å². The Kier molecular flexibility index (Phi) is 5.16. The zero-order chi connectivity index (χ0) is 19.8. The van der Waals surface area contributed by atoms with Gasteiger partial charge < -0.3 is 9.84 Å². The molecule has 2 aromatic heterocycles. The standard InChI is InChI=1S/C18H16BrN3O4S/c1-18(2,3)26-17(25)22(16(23)24)15-14(21-13(19)9-20-15)12-8-10-6-4-5-7-11(10)27-12/h4-9H,1-3H3,(H,23,24). The number of fused-ring (bicyclic) bond motifs is 1. The number of rotatable bonds is 2. The second kappa shape index (κ2) is 7.24. The average Bonchev–Trinajstić information content (AvgIpc) is 2.98. The molecule has 0 aliphatic rings. The van der Waals surface area contributed by atoms with E-state index in [-0.39, 0.29) is 11.5 Å². The Morgan fingerprint density at radius 2 is 1.96 bits per heavy atom. The predicted octanol–water partition coefficient (Wildman–Crippen LogP) is 5.54. The molecular formula is C18H16BrN3O4S. The molecule has 2 heterocycles. The van der Waals surface area contributed by atoms with Crippen LogP contribution in [-0.4, -0.2) is 32.9 Å². The first-order valence-electron chi connectivity index (χ1n) is 7.93. The van der Waals surface area contributed by atoms with Crippen LogP contribution in [0.4, 0.5) is 15.4 Å². The highest BCUT2D eigenvalue weighted by molar-refractivity contribution is 9.10. The van der Waals surface area contributed by atoms with Crippen molar-refractivity contribution in [1.29, 1.82) is 0 Å². The quantitative estimate of drug-likeness (QED) is 0.551. The average molecular weight is 450 g/mol. The normalized spacial score (nSPS) is 11.4. The summed E-state index contributed by atoms with van der Waals surface area (Å²) >= 11 is 4.69. The zero-order valence-electron chi connectivity index (χ0n) is 14.8. The fourth-order valence-corrected chi connectivity index (χ4v) is 3.68. The number of carboxylic acid groups (broad SMARTS) is 1. The van der Waals surface area contributed by atoms with Gasteiger partial charge in [0.25, 0.3) is 0 Å². The lowest BCUT2D eigenvalue weighted by Gasteiger charge is -2.24. The number of halogens is 1. The zero-order valence-corrected chi connectivity index (χ0v) is 17.2. The van der Waals surface area contributed by atoms with E-state index in [0.29, 0.717) is 14.4 Å². The molecule has 0 aliphatic carbocycles. The van der Waals surface area contributed by atoms with Crippen LogP contribution in [0.5, 0.6) is 0 Å². The monoisotopic (exact) mass is 449 g/mol. The van der Waals surface area contributed by atoms with Crippen molar-refractivity contribution in [3.63, 3.8) is 0 Å². The molecular weight excluding hydrogens is 434 g/mol. The Bertz CT molecular complexity index is 996. The van der Waals surface area contributed by atoms with Crippen LogP contribution in [0.2, 0.25) is 0 Å². The van der Waals surface area contributed by atoms with Crippen molar-refractivity contribution in [3.05, 3.63) is 41.1 Å². The number of nitrogens with zero attached hydrogens (tertiary/aromatic N) is 3. The SMILES string of the molecule is CC(C)(C)OC(=O)N(C(=O)O)c1ncc(Br)nc1-c1cc2ccccc2s1. The molecule has 0 saturated heterocycles. The number of ether oxygens (including phenoxy) is 1. The van der Waals surface area contributed by atoms with Gasteiger partial charge in [0.15, 0.2) is 5.82 Å². The maximum atomic E-state index is 12.5. The van der Waals surface area contributed by atoms with E-state index in [2.05, 4.69) is 25.9 Å². The van der Waals surface area contributed by atoms with E-state index in [9.17, 15) is 14.7 Å². The number of carbonyl (C=O) groups excluding carboxylic acids is 1. The van der Waals surface area contributed by atoms with E-state index in [4.69, 9.17) is 4.74 Å². The van der Waals surface area contributed by atoms with Crippen molar-refractivity contribution >= 4 is 55.4 Å². The van der Waals surface area contributed by atoms with E-state index >= 15 is 0 Å². The third-order valence-corrected chi connectivity index (χ3v) is 4.87. The van der Waals surface area contributed by atoms with Crippen LogP contribution in [0, 0.1) is 0 Å². The molecule has 0 unspecified atom stereocenters. The number of benzene rings is 1. The van der Waals surface area contributed by atoms with Gasteiger partial charge in [0.2, 0.25) is 0 Å². The fraction of sp³-hybridized carbons (Fsp3) is 0.222. The molecule has 7 nitrogen and oxygen atoms in total. The van der Waals surface area contributed by atoms with Crippen molar-refractivity contribution in [2.45, 2.75) is 26.4 Å². The number of hydrogen-bond acceptors (Lipinski definition) is 6. The van der Waals surface area contributed by atoms with Crippen LogP contribution in [0.1, 0.15) is 20.8 Å². The minimum absolute atomic E-state index is 0.105. The summed E-state index contributed by atoms with van der Waals surface area (Å²) in [6.45, 7) is 4.97. The second-order valence-electron chi connectivity index (χ2n) is 6.61. The van der Waals surface area contributed by atoms with Gasteiger partial charge in [-0.25, -0.2) is 19.6 Å². The number of thiophene rings is 1. The smallest absolute Gasteiger partial charge is 0.425 e. The minimum Gasteiger partial charge on any atom is -0.464 e. The molecule has 0 fully saturated rings. The van der Waals surface area contributed by atoms with Crippen molar-refractivity contribution in [3.8, 4) is 10.6 Å². The first kappa shape index (κ1) is 19.2. The highest BCUT2D eigenvalue weighted by Gasteiger charge is 2.32. The molecule has 1 aromatic carbocycles. The van der Waals surface area contributed by atoms with Gasteiger partial charge >= 0.3 is 12.2 Å². The highest BCUT2D eigenvalue weighted by atomic mass is 79.9. The van der Waals surface area contributed by atoms with Crippen LogP contribution < -0.4 is 4.90 Å². The third kappa shape index (κ3) is 4.25. The molecule has 140 valence electrons. The minimum atomic E-state index is -1.50. The number of imide groups is 1. The molecule has 3 aromatic rings. The van der Waals surface area contributed by atoms with Crippen molar-refractivity contribution in [1.82, 2.24) is 9.97 Å². The lowest BCUT2D eigenvalue weighted by atomic mass is 10.2. The van der Waals surface area contributed by atoms with Gasteiger partial charge in [-0.2, -0.15) is 4.90 Å². The van der Waals surface area contributed by atoms with Gasteiger partial charge in [-0.3, -0.25) is 0 Å². The summed E-state index contributed by atoms with van der Waals surface area (Å²) in [6, 6.07) is 9.62. The Morgan fingerprint density at radius 3 is 2.59 bits per heavy atom. The maximum absolute atomic E-state index is 12.5. The molecule has 0 saturated carbocycles. The molecule has 0 aliphatic heterocycles. The molecule has 27 heavy (non-hydrogen) atoms. The van der Waals surface area contributed by atoms with Gasteiger partial charge in [-0.05, 0) is 54.2 Å². The fourth-order valence-electron chi connectivity index (χ4n) is 2.35. The lowest BCUT2D eigenvalue weighted by molar-refractivity contribution is 0.0581.